The molecule has 0 amide bonds. The lowest BCUT2D eigenvalue weighted by Gasteiger charge is -2.17. The molecule has 0 fully saturated rings. The number of aryl methyl sites for hydroxylation is 1. The average Bonchev–Trinajstić information content (AvgIpc) is 2.71. The third-order valence-electron chi connectivity index (χ3n) is 2.97. The zero-order valence-corrected chi connectivity index (χ0v) is 13.8. The van der Waals surface area contributed by atoms with Crippen LogP contribution in [0.3, 0.4) is 0 Å². The Bertz CT molecular complexity index is 522. The molecule has 20 heavy (non-hydrogen) atoms. The van der Waals surface area contributed by atoms with Gasteiger partial charge in [-0.3, -0.25) is 0 Å². The fourth-order valence-corrected chi connectivity index (χ4v) is 3.51. The summed E-state index contributed by atoms with van der Waals surface area (Å²) in [6.45, 7) is 5.92. The van der Waals surface area contributed by atoms with E-state index in [-0.39, 0.29) is 6.04 Å². The lowest BCUT2D eigenvalue weighted by Crippen LogP contribution is -2.39. The normalized spacial score (nSPS) is 13.9. The van der Waals surface area contributed by atoms with Crippen LogP contribution in [0.1, 0.15) is 19.5 Å². The van der Waals surface area contributed by atoms with Gasteiger partial charge in [-0.05, 0) is 41.1 Å². The Labute approximate surface area is 122 Å². The number of likely N-dealkylation sites (N-methyl/N-ethyl adjacent to an activating group) is 1. The zero-order valence-electron chi connectivity index (χ0n) is 13.0. The number of rotatable bonds is 8. The highest BCUT2D eigenvalue weighted by molar-refractivity contribution is 7.89. The first-order valence-corrected chi connectivity index (χ1v) is 8.29. The summed E-state index contributed by atoms with van der Waals surface area (Å²) < 4.78 is 29.3. The van der Waals surface area contributed by atoms with E-state index in [1.807, 2.05) is 44.5 Å². The van der Waals surface area contributed by atoms with Gasteiger partial charge in [0.1, 0.15) is 0 Å². The predicted molar refractivity (Wildman–Crippen MR) is 81.2 cm³/mol. The van der Waals surface area contributed by atoms with E-state index < -0.39 is 10.0 Å². The van der Waals surface area contributed by atoms with Gasteiger partial charge in [0, 0.05) is 37.6 Å². The van der Waals surface area contributed by atoms with E-state index in [9.17, 15) is 8.42 Å². The fraction of sp³-hybridized carbons (Fsp3) is 0.692. The SMILES string of the molecule is CCn1cc(S(=O)(=O)NC(C)CN(C)C)cc1CNC. The number of sulfonamides is 1. The van der Waals surface area contributed by atoms with Gasteiger partial charge in [0.2, 0.25) is 10.0 Å². The third kappa shape index (κ3) is 4.59. The quantitative estimate of drug-likeness (QED) is 0.732. The number of hydrogen-bond donors (Lipinski definition) is 2. The van der Waals surface area contributed by atoms with Gasteiger partial charge in [-0.25, -0.2) is 13.1 Å². The number of nitrogens with one attached hydrogen (secondary N) is 2. The highest BCUT2D eigenvalue weighted by Gasteiger charge is 2.20. The number of nitrogens with zero attached hydrogens (tertiary/aromatic N) is 2. The summed E-state index contributed by atoms with van der Waals surface area (Å²) >= 11 is 0. The summed E-state index contributed by atoms with van der Waals surface area (Å²) in [5.41, 5.74) is 0.968. The molecular weight excluding hydrogens is 276 g/mol. The van der Waals surface area contributed by atoms with Crippen LogP contribution in [0.25, 0.3) is 0 Å². The van der Waals surface area contributed by atoms with Gasteiger partial charge < -0.3 is 14.8 Å². The van der Waals surface area contributed by atoms with E-state index in [0.717, 1.165) is 12.2 Å². The smallest absolute Gasteiger partial charge is 0.242 e. The number of hydrogen-bond acceptors (Lipinski definition) is 4. The van der Waals surface area contributed by atoms with Gasteiger partial charge in [-0.1, -0.05) is 0 Å². The minimum atomic E-state index is -3.46. The van der Waals surface area contributed by atoms with Crippen molar-refractivity contribution in [3.8, 4) is 0 Å². The second-order valence-electron chi connectivity index (χ2n) is 5.27. The molecule has 0 aliphatic rings. The van der Waals surface area contributed by atoms with Crippen LogP contribution in [0, 0.1) is 0 Å². The van der Waals surface area contributed by atoms with Crippen molar-refractivity contribution in [2.24, 2.45) is 0 Å². The molecule has 6 nitrogen and oxygen atoms in total. The Morgan fingerprint density at radius 1 is 1.40 bits per heavy atom. The Kier molecular flexibility index (Phi) is 6.19. The first-order valence-electron chi connectivity index (χ1n) is 6.80. The van der Waals surface area contributed by atoms with Crippen molar-refractivity contribution in [2.45, 2.75) is 37.9 Å². The van der Waals surface area contributed by atoms with Crippen LogP contribution in [0.15, 0.2) is 17.2 Å². The standard InChI is InChI=1S/C13H26N4O2S/c1-6-17-10-13(7-12(17)8-14-3)20(18,19)15-11(2)9-16(4)5/h7,10-11,14-15H,6,8-9H2,1-5H3. The Balaban J connectivity index is 2.92. The maximum absolute atomic E-state index is 12.3. The molecule has 1 unspecified atom stereocenters. The van der Waals surface area contributed by atoms with Crippen LogP contribution in [0.2, 0.25) is 0 Å². The van der Waals surface area contributed by atoms with E-state index in [4.69, 9.17) is 0 Å². The zero-order chi connectivity index (χ0) is 15.3. The van der Waals surface area contributed by atoms with Gasteiger partial charge in [-0.2, -0.15) is 0 Å². The summed E-state index contributed by atoms with van der Waals surface area (Å²) in [5.74, 6) is 0. The van der Waals surface area contributed by atoms with Gasteiger partial charge >= 0.3 is 0 Å². The van der Waals surface area contributed by atoms with E-state index in [0.29, 0.717) is 18.0 Å². The van der Waals surface area contributed by atoms with Crippen molar-refractivity contribution in [1.29, 1.82) is 0 Å². The lowest BCUT2D eigenvalue weighted by atomic mass is 10.3. The Morgan fingerprint density at radius 3 is 2.55 bits per heavy atom. The van der Waals surface area contributed by atoms with Crippen LogP contribution in [-0.2, 0) is 23.1 Å². The largest absolute Gasteiger partial charge is 0.349 e. The van der Waals surface area contributed by atoms with Crippen LogP contribution >= 0.6 is 0 Å². The van der Waals surface area contributed by atoms with E-state index in [1.54, 1.807) is 12.3 Å². The molecule has 7 heteroatoms. The summed E-state index contributed by atoms with van der Waals surface area (Å²) in [6, 6.07) is 1.60. The molecule has 0 saturated heterocycles. The van der Waals surface area contributed by atoms with E-state index in [2.05, 4.69) is 10.0 Å². The van der Waals surface area contributed by atoms with Crippen LogP contribution in [0.5, 0.6) is 0 Å². The molecule has 0 bridgehead atoms. The number of aromatic nitrogens is 1. The predicted octanol–water partition coefficient (Wildman–Crippen LogP) is 0.456. The highest BCUT2D eigenvalue weighted by atomic mass is 32.2. The average molecular weight is 302 g/mol. The molecule has 0 saturated carbocycles. The van der Waals surface area contributed by atoms with Crippen molar-refractivity contribution in [3.05, 3.63) is 18.0 Å². The van der Waals surface area contributed by atoms with E-state index >= 15 is 0 Å². The molecular formula is C13H26N4O2S. The van der Waals surface area contributed by atoms with E-state index in [1.165, 1.54) is 0 Å². The monoisotopic (exact) mass is 302 g/mol. The van der Waals surface area contributed by atoms with Gasteiger partial charge in [0.05, 0.1) is 4.90 Å². The summed E-state index contributed by atoms with van der Waals surface area (Å²) in [7, 11) is 2.23. The minimum absolute atomic E-state index is 0.132. The molecule has 1 atom stereocenters. The molecule has 1 aromatic heterocycles. The van der Waals surface area contributed by atoms with Gasteiger partial charge in [0.15, 0.2) is 0 Å². The van der Waals surface area contributed by atoms with Crippen molar-refractivity contribution in [3.63, 3.8) is 0 Å². The summed E-state index contributed by atoms with van der Waals surface area (Å²) in [6.07, 6.45) is 1.69. The van der Waals surface area contributed by atoms with Crippen molar-refractivity contribution in [1.82, 2.24) is 19.5 Å². The molecule has 0 spiro atoms. The topological polar surface area (TPSA) is 66.4 Å². The van der Waals surface area contributed by atoms with Gasteiger partial charge in [-0.15, -0.1) is 0 Å². The van der Waals surface area contributed by atoms with Crippen molar-refractivity contribution in [2.75, 3.05) is 27.7 Å². The Morgan fingerprint density at radius 2 is 2.05 bits per heavy atom. The second-order valence-corrected chi connectivity index (χ2v) is 6.98. The molecule has 2 N–H and O–H groups in total. The molecule has 1 aromatic rings. The summed E-state index contributed by atoms with van der Waals surface area (Å²) in [5, 5.41) is 3.05. The first kappa shape index (κ1) is 17.2. The molecule has 116 valence electrons. The third-order valence-corrected chi connectivity index (χ3v) is 4.52. The minimum Gasteiger partial charge on any atom is -0.349 e. The van der Waals surface area contributed by atoms with Crippen LogP contribution < -0.4 is 10.0 Å². The molecule has 0 aliphatic heterocycles. The maximum Gasteiger partial charge on any atom is 0.242 e. The fourth-order valence-electron chi connectivity index (χ4n) is 2.21. The molecule has 0 aliphatic carbocycles. The first-order chi connectivity index (χ1) is 9.30. The second kappa shape index (κ2) is 7.21. The Hall–Kier alpha value is -0.890. The van der Waals surface area contributed by atoms with Gasteiger partial charge in [0.25, 0.3) is 0 Å². The molecule has 0 aromatic carbocycles. The van der Waals surface area contributed by atoms with Crippen LogP contribution in [0.4, 0.5) is 0 Å². The van der Waals surface area contributed by atoms with Crippen LogP contribution in [-0.4, -0.2) is 51.6 Å². The molecule has 0 radical (unpaired) electrons. The lowest BCUT2D eigenvalue weighted by molar-refractivity contribution is 0.370. The highest BCUT2D eigenvalue weighted by Crippen LogP contribution is 2.15. The molecule has 1 heterocycles. The maximum atomic E-state index is 12.3. The molecule has 1 rings (SSSR count). The van der Waals surface area contributed by atoms with Crippen molar-refractivity contribution >= 4 is 10.0 Å². The van der Waals surface area contributed by atoms with Crippen molar-refractivity contribution < 1.29 is 8.42 Å². The summed E-state index contributed by atoms with van der Waals surface area (Å²) in [4.78, 5) is 2.28.